The van der Waals surface area contributed by atoms with Gasteiger partial charge in [-0.15, -0.1) is 0 Å². The number of rotatable bonds is 6. The number of ether oxygens (including phenoxy) is 1. The number of amides is 2. The lowest BCUT2D eigenvalue weighted by atomic mass is 9.87. The molecule has 2 unspecified atom stereocenters. The number of benzene rings is 2. The zero-order chi connectivity index (χ0) is 22.7. The topological polar surface area (TPSA) is 72.3 Å². The molecule has 2 amide bonds. The molecule has 4 rings (SSSR count). The number of urea groups is 1. The standard InChI is InChI=1S/C23H25F2N5O2/c1-15(16-6-8-18(9-7-16)30-14-26-13-27-30)29(2)23(31)28-21-5-3-4-17-12-19(32-22(24)25)10-11-20(17)21/h6-15,21-22H,3-5H2,1-2H3,(H,28,31). The molecule has 7 nitrogen and oxygen atoms in total. The van der Waals surface area contributed by atoms with Gasteiger partial charge in [-0.1, -0.05) is 18.2 Å². The molecule has 32 heavy (non-hydrogen) atoms. The Bertz CT molecular complexity index is 1060. The van der Waals surface area contributed by atoms with Crippen molar-refractivity contribution in [2.45, 2.75) is 44.9 Å². The minimum absolute atomic E-state index is 0.144. The van der Waals surface area contributed by atoms with Crippen LogP contribution in [0.5, 0.6) is 5.75 Å². The first-order chi connectivity index (χ1) is 15.4. The summed E-state index contributed by atoms with van der Waals surface area (Å²) < 4.78 is 31.2. The number of nitrogens with one attached hydrogen (secondary N) is 1. The van der Waals surface area contributed by atoms with E-state index in [4.69, 9.17) is 0 Å². The average molecular weight is 441 g/mol. The summed E-state index contributed by atoms with van der Waals surface area (Å²) in [6.07, 6.45) is 5.53. The highest BCUT2D eigenvalue weighted by atomic mass is 19.3. The molecule has 1 N–H and O–H groups in total. The molecule has 1 aliphatic rings. The third-order valence-electron chi connectivity index (χ3n) is 5.91. The summed E-state index contributed by atoms with van der Waals surface area (Å²) >= 11 is 0. The Kier molecular flexibility index (Phi) is 6.34. The summed E-state index contributed by atoms with van der Waals surface area (Å²) in [6.45, 7) is -0.889. The summed E-state index contributed by atoms with van der Waals surface area (Å²) in [5.74, 6) is 0.144. The van der Waals surface area contributed by atoms with Gasteiger partial charge in [0.15, 0.2) is 0 Å². The third kappa shape index (κ3) is 4.71. The molecule has 1 aromatic heterocycles. The maximum atomic E-state index is 13.0. The number of carbonyl (C=O) groups is 1. The lowest BCUT2D eigenvalue weighted by Gasteiger charge is -2.31. The van der Waals surface area contributed by atoms with E-state index in [0.717, 1.165) is 41.6 Å². The van der Waals surface area contributed by atoms with Crippen LogP contribution in [0.4, 0.5) is 13.6 Å². The minimum atomic E-state index is -2.85. The first-order valence-electron chi connectivity index (χ1n) is 10.5. The van der Waals surface area contributed by atoms with Crippen molar-refractivity contribution in [2.24, 2.45) is 0 Å². The van der Waals surface area contributed by atoms with Crippen molar-refractivity contribution in [2.75, 3.05) is 7.05 Å². The molecule has 1 heterocycles. The Morgan fingerprint density at radius 3 is 2.72 bits per heavy atom. The van der Waals surface area contributed by atoms with Crippen LogP contribution in [0, 0.1) is 0 Å². The fourth-order valence-corrected chi connectivity index (χ4v) is 4.01. The number of halogens is 2. The van der Waals surface area contributed by atoms with Gasteiger partial charge in [0.2, 0.25) is 0 Å². The van der Waals surface area contributed by atoms with E-state index in [9.17, 15) is 13.6 Å². The molecule has 168 valence electrons. The second-order valence-corrected chi connectivity index (χ2v) is 7.85. The van der Waals surface area contributed by atoms with Crippen LogP contribution in [0.1, 0.15) is 48.5 Å². The highest BCUT2D eigenvalue weighted by molar-refractivity contribution is 5.75. The molecule has 0 bridgehead atoms. The van der Waals surface area contributed by atoms with Crippen LogP contribution in [-0.2, 0) is 6.42 Å². The van der Waals surface area contributed by atoms with Gasteiger partial charge in [0.05, 0.1) is 17.8 Å². The van der Waals surface area contributed by atoms with E-state index in [2.05, 4.69) is 20.1 Å². The molecule has 0 spiro atoms. The molecule has 0 fully saturated rings. The smallest absolute Gasteiger partial charge is 0.387 e. The maximum Gasteiger partial charge on any atom is 0.387 e. The first kappa shape index (κ1) is 21.7. The van der Waals surface area contributed by atoms with E-state index in [1.165, 1.54) is 12.4 Å². The zero-order valence-electron chi connectivity index (χ0n) is 17.9. The molecule has 1 aliphatic carbocycles. The van der Waals surface area contributed by atoms with Crippen LogP contribution < -0.4 is 10.1 Å². The number of aromatic nitrogens is 3. The number of hydrogen-bond donors (Lipinski definition) is 1. The van der Waals surface area contributed by atoms with Gasteiger partial charge in [-0.05, 0) is 67.1 Å². The second-order valence-electron chi connectivity index (χ2n) is 7.85. The van der Waals surface area contributed by atoms with Crippen LogP contribution in [0.25, 0.3) is 5.69 Å². The Morgan fingerprint density at radius 2 is 2.03 bits per heavy atom. The highest BCUT2D eigenvalue weighted by Crippen LogP contribution is 2.33. The van der Waals surface area contributed by atoms with E-state index in [1.54, 1.807) is 35.1 Å². The lowest BCUT2D eigenvalue weighted by Crippen LogP contribution is -2.41. The Hall–Kier alpha value is -3.49. The van der Waals surface area contributed by atoms with Crippen molar-refractivity contribution in [1.82, 2.24) is 25.0 Å². The first-order valence-corrected chi connectivity index (χ1v) is 10.5. The van der Waals surface area contributed by atoms with E-state index in [-0.39, 0.29) is 23.9 Å². The second kappa shape index (κ2) is 9.33. The van der Waals surface area contributed by atoms with Gasteiger partial charge >= 0.3 is 12.6 Å². The molecule has 3 aromatic rings. The lowest BCUT2D eigenvalue weighted by molar-refractivity contribution is -0.0499. The normalized spacial score (nSPS) is 16.3. The molecule has 0 saturated heterocycles. The Morgan fingerprint density at radius 1 is 1.25 bits per heavy atom. The zero-order valence-corrected chi connectivity index (χ0v) is 17.9. The quantitative estimate of drug-likeness (QED) is 0.605. The summed E-state index contributed by atoms with van der Waals surface area (Å²) in [5.41, 5.74) is 3.76. The van der Waals surface area contributed by atoms with E-state index in [1.807, 2.05) is 31.2 Å². The monoisotopic (exact) mass is 441 g/mol. The van der Waals surface area contributed by atoms with Crippen LogP contribution in [0.2, 0.25) is 0 Å². The SMILES string of the molecule is CC(c1ccc(-n2cncn2)cc1)N(C)C(=O)NC1CCCc2cc(OC(F)F)ccc21. The number of hydrogen-bond acceptors (Lipinski definition) is 4. The summed E-state index contributed by atoms with van der Waals surface area (Å²) in [6, 6.07) is 12.2. The predicted octanol–water partition coefficient (Wildman–Crippen LogP) is 4.65. The van der Waals surface area contributed by atoms with Gasteiger partial charge in [-0.2, -0.15) is 13.9 Å². The predicted molar refractivity (Wildman–Crippen MR) is 115 cm³/mol. The van der Waals surface area contributed by atoms with E-state index >= 15 is 0 Å². The average Bonchev–Trinajstić information content (AvgIpc) is 3.33. The van der Waals surface area contributed by atoms with Gasteiger partial charge in [-0.25, -0.2) is 14.5 Å². The molecule has 0 saturated carbocycles. The number of alkyl halides is 2. The van der Waals surface area contributed by atoms with E-state index < -0.39 is 6.61 Å². The summed E-state index contributed by atoms with van der Waals surface area (Å²) in [7, 11) is 1.76. The van der Waals surface area contributed by atoms with Crippen molar-refractivity contribution in [3.63, 3.8) is 0 Å². The summed E-state index contributed by atoms with van der Waals surface area (Å²) in [5, 5.41) is 7.21. The van der Waals surface area contributed by atoms with Crippen molar-refractivity contribution in [1.29, 1.82) is 0 Å². The fraction of sp³-hybridized carbons (Fsp3) is 0.348. The van der Waals surface area contributed by atoms with Crippen LogP contribution in [0.3, 0.4) is 0 Å². The fourth-order valence-electron chi connectivity index (χ4n) is 4.01. The van der Waals surface area contributed by atoms with Gasteiger partial charge in [0.25, 0.3) is 0 Å². The molecular weight excluding hydrogens is 416 g/mol. The highest BCUT2D eigenvalue weighted by Gasteiger charge is 2.25. The van der Waals surface area contributed by atoms with Gasteiger partial charge < -0.3 is 15.0 Å². The van der Waals surface area contributed by atoms with Gasteiger partial charge in [-0.3, -0.25) is 0 Å². The number of carbonyl (C=O) groups excluding carboxylic acids is 1. The molecule has 9 heteroatoms. The van der Waals surface area contributed by atoms with Gasteiger partial charge in [0.1, 0.15) is 18.4 Å². The number of nitrogens with zero attached hydrogens (tertiary/aromatic N) is 4. The molecule has 0 radical (unpaired) electrons. The molecular formula is C23H25F2N5O2. The molecule has 2 aromatic carbocycles. The summed E-state index contributed by atoms with van der Waals surface area (Å²) in [4.78, 5) is 18.6. The molecule has 2 atom stereocenters. The van der Waals surface area contributed by atoms with Crippen molar-refractivity contribution >= 4 is 6.03 Å². The van der Waals surface area contributed by atoms with Crippen LogP contribution in [-0.4, -0.2) is 39.4 Å². The van der Waals surface area contributed by atoms with Crippen molar-refractivity contribution in [3.8, 4) is 11.4 Å². The Balaban J connectivity index is 1.42. The van der Waals surface area contributed by atoms with Crippen molar-refractivity contribution < 1.29 is 18.3 Å². The Labute approximate surface area is 185 Å². The van der Waals surface area contributed by atoms with E-state index in [0.29, 0.717) is 0 Å². The minimum Gasteiger partial charge on any atom is -0.435 e. The van der Waals surface area contributed by atoms with Crippen LogP contribution in [0.15, 0.2) is 55.1 Å². The number of fused-ring (bicyclic) bond motifs is 1. The number of aryl methyl sites for hydroxylation is 1. The third-order valence-corrected chi connectivity index (χ3v) is 5.91. The maximum absolute atomic E-state index is 13.0. The van der Waals surface area contributed by atoms with Gasteiger partial charge in [0, 0.05) is 7.05 Å². The van der Waals surface area contributed by atoms with Crippen LogP contribution >= 0.6 is 0 Å². The van der Waals surface area contributed by atoms with Crippen molar-refractivity contribution in [3.05, 3.63) is 71.8 Å². The largest absolute Gasteiger partial charge is 0.435 e. The molecule has 0 aliphatic heterocycles.